The molecule has 0 aliphatic carbocycles. The molecule has 112 valence electrons. The Morgan fingerprint density at radius 1 is 1.27 bits per heavy atom. The van der Waals surface area contributed by atoms with Crippen LogP contribution in [0.25, 0.3) is 10.2 Å². The Morgan fingerprint density at radius 3 is 2.77 bits per heavy atom. The Labute approximate surface area is 140 Å². The monoisotopic (exact) mass is 376 g/mol. The number of nitrogens with one attached hydrogen (secondary N) is 1. The van der Waals surface area contributed by atoms with Crippen molar-refractivity contribution in [2.75, 3.05) is 11.9 Å². The lowest BCUT2D eigenvalue weighted by molar-refractivity contribution is 0.102. The first-order valence-corrected chi connectivity index (χ1v) is 8.37. The highest BCUT2D eigenvalue weighted by Gasteiger charge is 2.13. The molecule has 0 saturated heterocycles. The molecule has 22 heavy (non-hydrogen) atoms. The Hall–Kier alpha value is -1.92. The van der Waals surface area contributed by atoms with Gasteiger partial charge in [-0.15, -0.1) is 11.3 Å². The van der Waals surface area contributed by atoms with Crippen molar-refractivity contribution in [1.29, 1.82) is 0 Å². The highest BCUT2D eigenvalue weighted by Crippen LogP contribution is 2.27. The molecule has 0 unspecified atom stereocenters. The third-order valence-corrected chi connectivity index (χ3v) is 4.51. The predicted octanol–water partition coefficient (Wildman–Crippen LogP) is 4.71. The molecule has 3 rings (SSSR count). The molecule has 2 aromatic carbocycles. The minimum atomic E-state index is -0.207. The zero-order valence-corrected chi connectivity index (χ0v) is 14.2. The van der Waals surface area contributed by atoms with Crippen LogP contribution in [0.4, 0.5) is 5.69 Å². The van der Waals surface area contributed by atoms with Crippen LogP contribution in [0.5, 0.6) is 5.75 Å². The highest BCUT2D eigenvalue weighted by molar-refractivity contribution is 9.10. The standard InChI is InChI=1S/C16H13BrN2O2S/c1-2-21-12-7-8-13-14(9-12)22-16(19-13)15(20)18-11-5-3-10(17)4-6-11/h3-9H,2H2,1H3,(H,18,20). The maximum Gasteiger partial charge on any atom is 0.284 e. The summed E-state index contributed by atoms with van der Waals surface area (Å²) in [6.07, 6.45) is 0. The van der Waals surface area contributed by atoms with Crippen molar-refractivity contribution in [3.8, 4) is 5.75 Å². The average Bonchev–Trinajstić information content (AvgIpc) is 2.93. The first-order valence-electron chi connectivity index (χ1n) is 6.76. The van der Waals surface area contributed by atoms with Crippen molar-refractivity contribution in [1.82, 2.24) is 4.98 Å². The fourth-order valence-corrected chi connectivity index (χ4v) is 3.13. The lowest BCUT2D eigenvalue weighted by Gasteiger charge is -2.02. The number of nitrogens with zero attached hydrogens (tertiary/aromatic N) is 1. The van der Waals surface area contributed by atoms with Crippen molar-refractivity contribution in [2.24, 2.45) is 0 Å². The summed E-state index contributed by atoms with van der Waals surface area (Å²) in [5, 5.41) is 3.28. The van der Waals surface area contributed by atoms with Gasteiger partial charge in [0, 0.05) is 10.2 Å². The zero-order valence-electron chi connectivity index (χ0n) is 11.8. The molecule has 6 heteroatoms. The summed E-state index contributed by atoms with van der Waals surface area (Å²) in [5.74, 6) is 0.583. The Balaban J connectivity index is 1.82. The summed E-state index contributed by atoms with van der Waals surface area (Å²) in [5.41, 5.74) is 1.54. The number of rotatable bonds is 4. The molecule has 3 aromatic rings. The van der Waals surface area contributed by atoms with Crippen LogP contribution in [0.15, 0.2) is 46.9 Å². The third kappa shape index (κ3) is 3.28. The van der Waals surface area contributed by atoms with E-state index in [-0.39, 0.29) is 5.91 Å². The van der Waals surface area contributed by atoms with Crippen molar-refractivity contribution < 1.29 is 9.53 Å². The minimum Gasteiger partial charge on any atom is -0.494 e. The second-order valence-electron chi connectivity index (χ2n) is 4.54. The highest BCUT2D eigenvalue weighted by atomic mass is 79.9. The molecular weight excluding hydrogens is 364 g/mol. The van der Waals surface area contributed by atoms with Gasteiger partial charge in [0.05, 0.1) is 16.8 Å². The maximum absolute atomic E-state index is 12.3. The number of benzene rings is 2. The number of ether oxygens (including phenoxy) is 1. The molecular formula is C16H13BrN2O2S. The first kappa shape index (κ1) is 15.0. The number of amides is 1. The second-order valence-corrected chi connectivity index (χ2v) is 6.49. The summed E-state index contributed by atoms with van der Waals surface area (Å²) < 4.78 is 7.37. The van der Waals surface area contributed by atoms with Crippen LogP contribution in [-0.2, 0) is 0 Å². The fraction of sp³-hybridized carbons (Fsp3) is 0.125. The van der Waals surface area contributed by atoms with Gasteiger partial charge in [0.15, 0.2) is 5.01 Å². The molecule has 4 nitrogen and oxygen atoms in total. The molecule has 0 spiro atoms. The molecule has 0 radical (unpaired) electrons. The summed E-state index contributed by atoms with van der Waals surface area (Å²) in [4.78, 5) is 16.6. The SMILES string of the molecule is CCOc1ccc2nc(C(=O)Nc3ccc(Br)cc3)sc2c1. The van der Waals surface area contributed by atoms with Crippen molar-refractivity contribution in [2.45, 2.75) is 6.92 Å². The Kier molecular flexibility index (Phi) is 4.40. The first-order chi connectivity index (χ1) is 10.7. The molecule has 0 fully saturated rings. The van der Waals surface area contributed by atoms with Gasteiger partial charge in [-0.25, -0.2) is 4.98 Å². The van der Waals surface area contributed by atoms with E-state index in [4.69, 9.17) is 4.74 Å². The van der Waals surface area contributed by atoms with Crippen molar-refractivity contribution >= 4 is 49.1 Å². The number of carbonyl (C=O) groups excluding carboxylic acids is 1. The van der Waals surface area contributed by atoms with Crippen LogP contribution in [0, 0.1) is 0 Å². The molecule has 0 bridgehead atoms. The summed E-state index contributed by atoms with van der Waals surface area (Å²) in [7, 11) is 0. The van der Waals surface area contributed by atoms with E-state index in [9.17, 15) is 4.79 Å². The van der Waals surface area contributed by atoms with E-state index in [2.05, 4.69) is 26.2 Å². The smallest absolute Gasteiger partial charge is 0.284 e. The van der Waals surface area contributed by atoms with Gasteiger partial charge < -0.3 is 10.1 Å². The van der Waals surface area contributed by atoms with Crippen LogP contribution in [0.2, 0.25) is 0 Å². The largest absolute Gasteiger partial charge is 0.494 e. The van der Waals surface area contributed by atoms with Gasteiger partial charge in [-0.2, -0.15) is 0 Å². The van der Waals surface area contributed by atoms with E-state index in [1.807, 2.05) is 49.4 Å². The van der Waals surface area contributed by atoms with E-state index in [1.165, 1.54) is 11.3 Å². The number of aromatic nitrogens is 1. The summed E-state index contributed by atoms with van der Waals surface area (Å²) in [6.45, 7) is 2.55. The number of fused-ring (bicyclic) bond motifs is 1. The molecule has 1 amide bonds. The van der Waals surface area contributed by atoms with E-state index in [1.54, 1.807) is 0 Å². The van der Waals surface area contributed by atoms with Crippen LogP contribution in [0.1, 0.15) is 16.7 Å². The maximum atomic E-state index is 12.3. The van der Waals surface area contributed by atoms with Gasteiger partial charge in [0.2, 0.25) is 0 Å². The number of anilines is 1. The van der Waals surface area contributed by atoms with Gasteiger partial charge in [-0.05, 0) is 49.4 Å². The number of thiazole rings is 1. The Bertz CT molecular complexity index is 815. The van der Waals surface area contributed by atoms with E-state index in [0.29, 0.717) is 11.6 Å². The quantitative estimate of drug-likeness (QED) is 0.717. The molecule has 1 heterocycles. The van der Waals surface area contributed by atoms with Crippen molar-refractivity contribution in [3.63, 3.8) is 0 Å². The summed E-state index contributed by atoms with van der Waals surface area (Å²) >= 11 is 4.72. The van der Waals surface area contributed by atoms with Gasteiger partial charge >= 0.3 is 0 Å². The molecule has 1 N–H and O–H groups in total. The van der Waals surface area contributed by atoms with Gasteiger partial charge in [0.25, 0.3) is 5.91 Å². The lowest BCUT2D eigenvalue weighted by atomic mass is 10.3. The molecule has 0 aliphatic rings. The van der Waals surface area contributed by atoms with Crippen LogP contribution in [0.3, 0.4) is 0 Å². The van der Waals surface area contributed by atoms with E-state index in [0.717, 1.165) is 26.1 Å². The lowest BCUT2D eigenvalue weighted by Crippen LogP contribution is -2.11. The predicted molar refractivity (Wildman–Crippen MR) is 92.9 cm³/mol. The minimum absolute atomic E-state index is 0.207. The zero-order chi connectivity index (χ0) is 15.5. The molecule has 0 aliphatic heterocycles. The van der Waals surface area contributed by atoms with E-state index >= 15 is 0 Å². The van der Waals surface area contributed by atoms with Gasteiger partial charge in [0.1, 0.15) is 5.75 Å². The summed E-state index contributed by atoms with van der Waals surface area (Å²) in [6, 6.07) is 13.1. The number of hydrogen-bond donors (Lipinski definition) is 1. The number of carbonyl (C=O) groups is 1. The van der Waals surface area contributed by atoms with Crippen molar-refractivity contribution in [3.05, 3.63) is 51.9 Å². The fourth-order valence-electron chi connectivity index (χ4n) is 1.98. The Morgan fingerprint density at radius 2 is 2.05 bits per heavy atom. The third-order valence-electron chi connectivity index (χ3n) is 2.97. The van der Waals surface area contributed by atoms with Gasteiger partial charge in [-0.3, -0.25) is 4.79 Å². The second kappa shape index (κ2) is 6.46. The van der Waals surface area contributed by atoms with Crippen LogP contribution in [-0.4, -0.2) is 17.5 Å². The van der Waals surface area contributed by atoms with Crippen LogP contribution >= 0.6 is 27.3 Å². The normalized spacial score (nSPS) is 10.6. The van der Waals surface area contributed by atoms with Gasteiger partial charge in [-0.1, -0.05) is 15.9 Å². The van der Waals surface area contributed by atoms with Crippen LogP contribution < -0.4 is 10.1 Å². The topological polar surface area (TPSA) is 51.2 Å². The average molecular weight is 377 g/mol. The van der Waals surface area contributed by atoms with E-state index < -0.39 is 0 Å². The molecule has 0 saturated carbocycles. The molecule has 0 atom stereocenters. The number of hydrogen-bond acceptors (Lipinski definition) is 4. The molecule has 1 aromatic heterocycles. The number of halogens is 1.